The van der Waals surface area contributed by atoms with Crippen LogP contribution in [0.4, 0.5) is 0 Å². The van der Waals surface area contributed by atoms with Crippen LogP contribution in [0.15, 0.2) is 42.5 Å². The maximum Gasteiger partial charge on any atom is 0.333 e. The van der Waals surface area contributed by atoms with E-state index >= 15 is 0 Å². The van der Waals surface area contributed by atoms with E-state index in [9.17, 15) is 9.90 Å². The summed E-state index contributed by atoms with van der Waals surface area (Å²) in [5.41, 5.74) is 0.278. The summed E-state index contributed by atoms with van der Waals surface area (Å²) >= 11 is 0. The summed E-state index contributed by atoms with van der Waals surface area (Å²) in [6, 6.07) is 8.81. The molecule has 1 rings (SSSR count). The lowest BCUT2D eigenvalue weighted by atomic mass is 10.3. The minimum absolute atomic E-state index is 0.256. The van der Waals surface area contributed by atoms with Crippen LogP contribution in [0.2, 0.25) is 0 Å². The van der Waals surface area contributed by atoms with Gasteiger partial charge in [0, 0.05) is 12.5 Å². The molecule has 0 bridgehead atoms. The van der Waals surface area contributed by atoms with Crippen LogP contribution in [0.25, 0.3) is 0 Å². The zero-order valence-corrected chi connectivity index (χ0v) is 9.97. The zero-order valence-electron chi connectivity index (χ0n) is 9.97. The molecule has 1 atom stereocenters. The predicted octanol–water partition coefficient (Wildman–Crippen LogP) is 1.89. The van der Waals surface area contributed by atoms with Crippen molar-refractivity contribution in [3.05, 3.63) is 42.5 Å². The number of carbonyl (C=O) groups is 1. The van der Waals surface area contributed by atoms with Gasteiger partial charge in [-0.25, -0.2) is 4.79 Å². The molecule has 92 valence electrons. The van der Waals surface area contributed by atoms with E-state index in [-0.39, 0.29) is 12.2 Å². The Bertz CT molecular complexity index is 395. The average Bonchev–Trinajstić information content (AvgIpc) is 2.26. The molecule has 0 radical (unpaired) electrons. The van der Waals surface area contributed by atoms with E-state index in [1.54, 1.807) is 24.3 Å². The summed E-state index contributed by atoms with van der Waals surface area (Å²) in [5, 5.41) is 9.87. The van der Waals surface area contributed by atoms with Gasteiger partial charge >= 0.3 is 5.97 Å². The van der Waals surface area contributed by atoms with Crippen LogP contribution in [0, 0.1) is 0 Å². The van der Waals surface area contributed by atoms with Crippen molar-refractivity contribution in [2.24, 2.45) is 0 Å². The fourth-order valence-corrected chi connectivity index (χ4v) is 1.09. The Balaban J connectivity index is 2.52. The Labute approximate surface area is 100 Å². The van der Waals surface area contributed by atoms with Gasteiger partial charge in [-0.3, -0.25) is 0 Å². The van der Waals surface area contributed by atoms with Gasteiger partial charge in [0.15, 0.2) is 6.61 Å². The van der Waals surface area contributed by atoms with Gasteiger partial charge in [0.25, 0.3) is 0 Å². The van der Waals surface area contributed by atoms with Crippen LogP contribution in [0.3, 0.4) is 0 Å². The first-order chi connectivity index (χ1) is 7.91. The monoisotopic (exact) mass is 236 g/mol. The molecular weight excluding hydrogens is 220 g/mol. The molecule has 1 aromatic carbocycles. The number of para-hydroxylation sites is 1. The lowest BCUT2D eigenvalue weighted by Crippen LogP contribution is -2.38. The molecule has 17 heavy (non-hydrogen) atoms. The molecule has 0 heterocycles. The summed E-state index contributed by atoms with van der Waals surface area (Å²) in [4.78, 5) is 11.2. The van der Waals surface area contributed by atoms with Gasteiger partial charge < -0.3 is 14.6 Å². The van der Waals surface area contributed by atoms with Crippen molar-refractivity contribution in [1.82, 2.24) is 0 Å². The van der Waals surface area contributed by atoms with E-state index in [0.29, 0.717) is 5.75 Å². The van der Waals surface area contributed by atoms with Crippen LogP contribution < -0.4 is 4.74 Å². The highest BCUT2D eigenvalue weighted by molar-refractivity contribution is 5.86. The minimum Gasteiger partial charge on any atom is -0.459 e. The van der Waals surface area contributed by atoms with Crippen molar-refractivity contribution >= 4 is 5.97 Å². The highest BCUT2D eigenvalue weighted by atomic mass is 16.7. The van der Waals surface area contributed by atoms with Gasteiger partial charge in [-0.05, 0) is 19.1 Å². The maximum atomic E-state index is 11.2. The van der Waals surface area contributed by atoms with Gasteiger partial charge in [-0.15, -0.1) is 0 Å². The molecule has 4 nitrogen and oxygen atoms in total. The van der Waals surface area contributed by atoms with E-state index < -0.39 is 11.8 Å². The maximum absolute atomic E-state index is 11.2. The quantitative estimate of drug-likeness (QED) is 0.482. The van der Waals surface area contributed by atoms with Crippen molar-refractivity contribution in [2.75, 3.05) is 6.61 Å². The van der Waals surface area contributed by atoms with Gasteiger partial charge in [0.1, 0.15) is 5.75 Å². The molecule has 4 heteroatoms. The van der Waals surface area contributed by atoms with Crippen molar-refractivity contribution in [3.63, 3.8) is 0 Å². The number of aliphatic hydroxyl groups is 1. The second-order valence-corrected chi connectivity index (χ2v) is 3.95. The minimum atomic E-state index is -1.56. The molecule has 1 unspecified atom stereocenters. The number of carbonyl (C=O) groups excluding carboxylic acids is 1. The van der Waals surface area contributed by atoms with Crippen LogP contribution >= 0.6 is 0 Å². The smallest absolute Gasteiger partial charge is 0.333 e. The third-order valence-electron chi connectivity index (χ3n) is 1.90. The van der Waals surface area contributed by atoms with E-state index in [1.165, 1.54) is 13.8 Å². The molecule has 0 saturated heterocycles. The number of hydrogen-bond acceptors (Lipinski definition) is 4. The third kappa shape index (κ3) is 4.70. The van der Waals surface area contributed by atoms with Crippen LogP contribution in [-0.2, 0) is 9.53 Å². The first-order valence-corrected chi connectivity index (χ1v) is 5.20. The molecular formula is C13H16O4. The molecule has 0 aromatic heterocycles. The molecule has 0 aliphatic rings. The Morgan fingerprint density at radius 2 is 2.00 bits per heavy atom. The summed E-state index contributed by atoms with van der Waals surface area (Å²) in [6.45, 7) is 6.15. The van der Waals surface area contributed by atoms with Crippen molar-refractivity contribution < 1.29 is 19.4 Å². The normalized spacial score (nSPS) is 13.6. The lowest BCUT2D eigenvalue weighted by molar-refractivity contribution is -0.176. The second-order valence-electron chi connectivity index (χ2n) is 3.95. The highest BCUT2D eigenvalue weighted by Crippen LogP contribution is 2.16. The SMILES string of the molecule is C=C(C)C(=O)OCC(C)(O)Oc1ccccc1. The summed E-state index contributed by atoms with van der Waals surface area (Å²) in [6.07, 6.45) is 0. The van der Waals surface area contributed by atoms with Gasteiger partial charge in [-0.2, -0.15) is 0 Å². The molecule has 0 spiro atoms. The Hall–Kier alpha value is -1.81. The predicted molar refractivity (Wildman–Crippen MR) is 63.5 cm³/mol. The fraction of sp³-hybridized carbons (Fsp3) is 0.308. The number of rotatable bonds is 5. The number of ether oxygens (including phenoxy) is 2. The zero-order chi connectivity index (χ0) is 12.9. The largest absolute Gasteiger partial charge is 0.459 e. The summed E-state index contributed by atoms with van der Waals surface area (Å²) in [5.74, 6) is -1.61. The molecule has 0 saturated carbocycles. The fourth-order valence-electron chi connectivity index (χ4n) is 1.09. The molecule has 1 N–H and O–H groups in total. The van der Waals surface area contributed by atoms with Crippen molar-refractivity contribution in [2.45, 2.75) is 19.6 Å². The van der Waals surface area contributed by atoms with Crippen LogP contribution in [0.1, 0.15) is 13.8 Å². The van der Waals surface area contributed by atoms with Gasteiger partial charge in [0.2, 0.25) is 5.79 Å². The van der Waals surface area contributed by atoms with E-state index in [4.69, 9.17) is 9.47 Å². The Morgan fingerprint density at radius 1 is 1.41 bits per heavy atom. The van der Waals surface area contributed by atoms with E-state index in [1.807, 2.05) is 6.07 Å². The average molecular weight is 236 g/mol. The molecule has 1 aromatic rings. The molecule has 0 amide bonds. The van der Waals surface area contributed by atoms with Crippen molar-refractivity contribution in [3.8, 4) is 5.75 Å². The number of hydrogen-bond donors (Lipinski definition) is 1. The molecule has 0 aliphatic carbocycles. The summed E-state index contributed by atoms with van der Waals surface area (Å²) in [7, 11) is 0. The third-order valence-corrected chi connectivity index (χ3v) is 1.90. The topological polar surface area (TPSA) is 55.8 Å². The molecule has 0 aliphatic heterocycles. The Morgan fingerprint density at radius 3 is 2.53 bits per heavy atom. The van der Waals surface area contributed by atoms with Crippen LogP contribution in [-0.4, -0.2) is 23.5 Å². The lowest BCUT2D eigenvalue weighted by Gasteiger charge is -2.24. The van der Waals surface area contributed by atoms with Gasteiger partial charge in [-0.1, -0.05) is 24.8 Å². The van der Waals surface area contributed by atoms with Gasteiger partial charge in [0.05, 0.1) is 0 Å². The van der Waals surface area contributed by atoms with E-state index in [0.717, 1.165) is 0 Å². The number of benzene rings is 1. The van der Waals surface area contributed by atoms with Crippen LogP contribution in [0.5, 0.6) is 5.75 Å². The van der Waals surface area contributed by atoms with Crippen molar-refractivity contribution in [1.29, 1.82) is 0 Å². The first kappa shape index (κ1) is 13.3. The number of esters is 1. The molecule has 0 fully saturated rings. The van der Waals surface area contributed by atoms with E-state index in [2.05, 4.69) is 6.58 Å². The standard InChI is InChI=1S/C13H16O4/c1-10(2)12(14)16-9-13(3,15)17-11-7-5-4-6-8-11/h4-8,15H,1,9H2,2-3H3. The summed E-state index contributed by atoms with van der Waals surface area (Å²) < 4.78 is 10.1. The second kappa shape index (κ2) is 5.50. The highest BCUT2D eigenvalue weighted by Gasteiger charge is 2.25. The first-order valence-electron chi connectivity index (χ1n) is 5.20. The Kier molecular flexibility index (Phi) is 4.29.